The van der Waals surface area contributed by atoms with Gasteiger partial charge in [0.15, 0.2) is 0 Å². The second-order valence-electron chi connectivity index (χ2n) is 6.24. The number of likely N-dealkylation sites (N-methyl/N-ethyl adjacent to an activating group) is 1. The Morgan fingerprint density at radius 2 is 1.79 bits per heavy atom. The predicted molar refractivity (Wildman–Crippen MR) is 109 cm³/mol. The lowest BCUT2D eigenvalue weighted by atomic mass is 10.0. The van der Waals surface area contributed by atoms with E-state index in [4.69, 9.17) is 26.6 Å². The van der Waals surface area contributed by atoms with Gasteiger partial charge in [-0.25, -0.2) is 9.59 Å². The highest BCUT2D eigenvalue weighted by Crippen LogP contribution is 2.32. The molecular weight excluding hydrogens is 402 g/mol. The van der Waals surface area contributed by atoms with Gasteiger partial charge in [-0.1, -0.05) is 11.6 Å². The maximum atomic E-state index is 9.55. The fourth-order valence-corrected chi connectivity index (χ4v) is 3.64. The van der Waals surface area contributed by atoms with Crippen molar-refractivity contribution in [1.29, 1.82) is 0 Å². The Morgan fingerprint density at radius 1 is 1.14 bits per heavy atom. The van der Waals surface area contributed by atoms with E-state index >= 15 is 0 Å². The van der Waals surface area contributed by atoms with Crippen molar-refractivity contribution in [2.75, 3.05) is 20.1 Å². The van der Waals surface area contributed by atoms with E-state index in [1.165, 1.54) is 16.7 Å². The largest absolute Gasteiger partial charge is 0.489 e. The van der Waals surface area contributed by atoms with Crippen LogP contribution >= 0.6 is 22.9 Å². The van der Waals surface area contributed by atoms with Crippen LogP contribution in [0.3, 0.4) is 0 Å². The van der Waals surface area contributed by atoms with Gasteiger partial charge in [-0.05, 0) is 60.0 Å². The van der Waals surface area contributed by atoms with Crippen LogP contribution in [0.2, 0.25) is 5.02 Å². The molecule has 2 N–H and O–H groups in total. The van der Waals surface area contributed by atoms with E-state index in [-0.39, 0.29) is 0 Å². The molecule has 0 unspecified atom stereocenters. The summed E-state index contributed by atoms with van der Waals surface area (Å²) in [7, 11) is 2.16. The SMILES string of the molecule is CN1CCc2c(Cl)ccc(OCc3ccsc3)c2CC1.O=C(O)C=CC(=O)O. The molecule has 0 radical (unpaired) electrons. The highest BCUT2D eigenvalue weighted by atomic mass is 35.5. The molecule has 8 heteroatoms. The number of halogens is 1. The maximum absolute atomic E-state index is 9.55. The highest BCUT2D eigenvalue weighted by Gasteiger charge is 2.18. The number of ether oxygens (including phenoxy) is 1. The van der Waals surface area contributed by atoms with E-state index < -0.39 is 11.9 Å². The van der Waals surface area contributed by atoms with Gasteiger partial charge < -0.3 is 19.8 Å². The standard InChI is InChI=1S/C16H18ClNOS.C4H4O4/c1-18-7-4-13-14(5-8-18)16(3-2-15(13)17)19-10-12-6-9-20-11-12;5-3(6)1-2-4(7)8/h2-3,6,9,11H,4-5,7-8,10H2,1H3;1-2H,(H,5,6)(H,7,8). The summed E-state index contributed by atoms with van der Waals surface area (Å²) in [4.78, 5) is 21.5. The van der Waals surface area contributed by atoms with E-state index in [9.17, 15) is 9.59 Å². The normalized spacial score (nSPS) is 13.9. The van der Waals surface area contributed by atoms with Gasteiger partial charge in [0.05, 0.1) is 0 Å². The Morgan fingerprint density at radius 3 is 2.36 bits per heavy atom. The molecule has 0 amide bonds. The molecule has 1 aliphatic rings. The molecule has 0 fully saturated rings. The van der Waals surface area contributed by atoms with Gasteiger partial charge in [0, 0.05) is 35.8 Å². The average molecular weight is 424 g/mol. The topological polar surface area (TPSA) is 87.1 Å². The molecule has 3 rings (SSSR count). The first-order chi connectivity index (χ1) is 13.4. The Hall–Kier alpha value is -2.35. The molecule has 0 atom stereocenters. The second kappa shape index (κ2) is 10.8. The summed E-state index contributed by atoms with van der Waals surface area (Å²) in [6, 6.07) is 6.08. The molecule has 2 aromatic rings. The number of hydrogen-bond donors (Lipinski definition) is 2. The number of hydrogen-bond acceptors (Lipinski definition) is 5. The molecule has 0 saturated carbocycles. The summed E-state index contributed by atoms with van der Waals surface area (Å²) in [5.74, 6) is -1.52. The van der Waals surface area contributed by atoms with Gasteiger partial charge in [-0.15, -0.1) is 0 Å². The number of benzene rings is 1. The predicted octanol–water partition coefficient (Wildman–Crippen LogP) is 3.72. The second-order valence-corrected chi connectivity index (χ2v) is 7.42. The zero-order valence-electron chi connectivity index (χ0n) is 15.4. The lowest BCUT2D eigenvalue weighted by Gasteiger charge is -2.14. The van der Waals surface area contributed by atoms with Gasteiger partial charge in [0.2, 0.25) is 0 Å². The Labute approximate surface area is 172 Å². The van der Waals surface area contributed by atoms with Gasteiger partial charge >= 0.3 is 11.9 Å². The molecule has 150 valence electrons. The molecule has 1 aromatic carbocycles. The fourth-order valence-electron chi connectivity index (χ4n) is 2.72. The summed E-state index contributed by atoms with van der Waals surface area (Å²) in [6.45, 7) is 2.75. The molecule has 0 spiro atoms. The number of thiophene rings is 1. The molecule has 0 bridgehead atoms. The van der Waals surface area contributed by atoms with Gasteiger partial charge in [0.25, 0.3) is 0 Å². The van der Waals surface area contributed by atoms with Crippen LogP contribution in [0.4, 0.5) is 0 Å². The van der Waals surface area contributed by atoms with Crippen molar-refractivity contribution >= 4 is 34.9 Å². The molecule has 1 aliphatic heterocycles. The van der Waals surface area contributed by atoms with Crippen LogP contribution < -0.4 is 4.74 Å². The third kappa shape index (κ3) is 6.99. The number of aliphatic carboxylic acids is 2. The monoisotopic (exact) mass is 423 g/mol. The van der Waals surface area contributed by atoms with Crippen molar-refractivity contribution in [2.45, 2.75) is 19.4 Å². The molecular formula is C20H22ClNO5S. The van der Waals surface area contributed by atoms with Gasteiger partial charge in [-0.2, -0.15) is 11.3 Å². The Kier molecular flexibility index (Phi) is 8.50. The van der Waals surface area contributed by atoms with Crippen molar-refractivity contribution in [3.05, 3.63) is 62.8 Å². The average Bonchev–Trinajstić information content (AvgIpc) is 3.09. The van der Waals surface area contributed by atoms with Crippen LogP contribution in [0.25, 0.3) is 0 Å². The lowest BCUT2D eigenvalue weighted by Crippen LogP contribution is -2.20. The van der Waals surface area contributed by atoms with E-state index in [1.807, 2.05) is 12.1 Å². The van der Waals surface area contributed by atoms with Crippen LogP contribution in [0, 0.1) is 0 Å². The summed E-state index contributed by atoms with van der Waals surface area (Å²) in [6.07, 6.45) is 3.12. The number of carboxylic acids is 2. The minimum atomic E-state index is -1.26. The zero-order chi connectivity index (χ0) is 20.5. The maximum Gasteiger partial charge on any atom is 0.328 e. The van der Waals surface area contributed by atoms with Crippen LogP contribution in [-0.4, -0.2) is 47.2 Å². The third-order valence-corrected chi connectivity index (χ3v) is 5.25. The van der Waals surface area contributed by atoms with E-state index in [0.717, 1.165) is 36.7 Å². The summed E-state index contributed by atoms with van der Waals surface area (Å²) >= 11 is 8.06. The first kappa shape index (κ1) is 21.9. The van der Waals surface area contributed by atoms with E-state index in [1.54, 1.807) is 11.3 Å². The van der Waals surface area contributed by atoms with Gasteiger partial charge in [-0.3, -0.25) is 0 Å². The lowest BCUT2D eigenvalue weighted by molar-refractivity contribution is -0.134. The van der Waals surface area contributed by atoms with Gasteiger partial charge in [0.1, 0.15) is 12.4 Å². The number of nitrogens with zero attached hydrogens (tertiary/aromatic N) is 1. The zero-order valence-corrected chi connectivity index (χ0v) is 17.0. The number of rotatable bonds is 5. The molecule has 0 saturated heterocycles. The summed E-state index contributed by atoms with van der Waals surface area (Å²) in [5.41, 5.74) is 3.78. The number of carbonyl (C=O) groups is 2. The quantitative estimate of drug-likeness (QED) is 0.712. The first-order valence-electron chi connectivity index (χ1n) is 8.63. The van der Waals surface area contributed by atoms with Crippen molar-refractivity contribution in [3.8, 4) is 5.75 Å². The van der Waals surface area contributed by atoms with Crippen molar-refractivity contribution < 1.29 is 24.5 Å². The summed E-state index contributed by atoms with van der Waals surface area (Å²) < 4.78 is 6.02. The highest BCUT2D eigenvalue weighted by molar-refractivity contribution is 7.07. The minimum Gasteiger partial charge on any atom is -0.489 e. The number of fused-ring (bicyclic) bond motifs is 1. The van der Waals surface area contributed by atoms with Crippen LogP contribution in [0.1, 0.15) is 16.7 Å². The third-order valence-electron chi connectivity index (χ3n) is 4.16. The fraction of sp³-hybridized carbons (Fsp3) is 0.300. The van der Waals surface area contributed by atoms with Crippen molar-refractivity contribution in [2.24, 2.45) is 0 Å². The van der Waals surface area contributed by atoms with E-state index in [2.05, 4.69) is 28.8 Å². The molecule has 0 aliphatic carbocycles. The van der Waals surface area contributed by atoms with Crippen molar-refractivity contribution in [3.63, 3.8) is 0 Å². The molecule has 1 aromatic heterocycles. The summed E-state index contributed by atoms with van der Waals surface area (Å²) in [5, 5.41) is 20.7. The molecule has 28 heavy (non-hydrogen) atoms. The van der Waals surface area contributed by atoms with Crippen LogP contribution in [0.15, 0.2) is 41.1 Å². The number of carboxylic acid groups (broad SMARTS) is 2. The minimum absolute atomic E-state index is 0.558. The molecule has 6 nitrogen and oxygen atoms in total. The molecule has 2 heterocycles. The van der Waals surface area contributed by atoms with Crippen molar-refractivity contribution in [1.82, 2.24) is 4.90 Å². The Bertz CT molecular complexity index is 819. The first-order valence-corrected chi connectivity index (χ1v) is 9.95. The van der Waals surface area contributed by atoms with Crippen LogP contribution in [-0.2, 0) is 29.0 Å². The van der Waals surface area contributed by atoms with Crippen LogP contribution in [0.5, 0.6) is 5.75 Å². The Balaban J connectivity index is 0.000000300. The smallest absolute Gasteiger partial charge is 0.328 e. The van der Waals surface area contributed by atoms with E-state index in [0.29, 0.717) is 18.8 Å².